The Kier molecular flexibility index (Phi) is 27.7. The third-order valence-corrected chi connectivity index (χ3v) is 7.19. The average Bonchev–Trinajstić information content (AvgIpc) is 2.89. The van der Waals surface area contributed by atoms with E-state index >= 15 is 0 Å². The van der Waals surface area contributed by atoms with Crippen LogP contribution < -0.4 is 0 Å². The number of rotatable bonds is 29. The van der Waals surface area contributed by atoms with Crippen LogP contribution in [0.4, 0.5) is 0 Å². The van der Waals surface area contributed by atoms with Gasteiger partial charge in [-0.05, 0) is 32.1 Å². The lowest BCUT2D eigenvalue weighted by atomic mass is 9.97. The molecule has 1 unspecified atom stereocenters. The first kappa shape index (κ1) is 35.4. The van der Waals surface area contributed by atoms with Gasteiger partial charge in [-0.3, -0.25) is 9.59 Å². The fourth-order valence-electron chi connectivity index (χ4n) is 4.78. The molecule has 0 bridgehead atoms. The predicted molar refractivity (Wildman–Crippen MR) is 158 cm³/mol. The molecule has 0 radical (unpaired) electrons. The molecule has 0 heterocycles. The van der Waals surface area contributed by atoms with Crippen LogP contribution in [0.2, 0.25) is 0 Å². The number of aliphatic carboxylic acids is 1. The van der Waals surface area contributed by atoms with Crippen molar-refractivity contribution in [3.05, 3.63) is 24.8 Å². The van der Waals surface area contributed by atoms with Crippen LogP contribution in [0.5, 0.6) is 0 Å². The summed E-state index contributed by atoms with van der Waals surface area (Å²) in [5.74, 6) is -1.98. The summed E-state index contributed by atoms with van der Waals surface area (Å²) in [6.07, 6.45) is 35.6. The average molecular weight is 521 g/mol. The second-order valence-corrected chi connectivity index (χ2v) is 10.8. The summed E-state index contributed by atoms with van der Waals surface area (Å²) in [5, 5.41) is 9.30. The Hall–Kier alpha value is -1.58. The van der Waals surface area contributed by atoms with E-state index < -0.39 is 17.9 Å². The number of allylic oxidation sites excluding steroid dienone is 2. The first-order chi connectivity index (χ1) is 18.1. The normalized spacial score (nSPS) is 12.1. The van der Waals surface area contributed by atoms with Crippen LogP contribution in [-0.4, -0.2) is 23.7 Å². The van der Waals surface area contributed by atoms with Crippen molar-refractivity contribution in [1.82, 2.24) is 0 Å². The van der Waals surface area contributed by atoms with Gasteiger partial charge in [-0.15, -0.1) is 0 Å². The zero-order valence-corrected chi connectivity index (χ0v) is 24.4. The van der Waals surface area contributed by atoms with Crippen LogP contribution >= 0.6 is 0 Å². The largest absolute Gasteiger partial charge is 0.481 e. The number of hydrogen-bond donors (Lipinski definition) is 1. The van der Waals surface area contributed by atoms with Crippen molar-refractivity contribution in [1.29, 1.82) is 0 Å². The first-order valence-corrected chi connectivity index (χ1v) is 15.8. The molecule has 0 rings (SSSR count). The molecule has 216 valence electrons. The molecule has 4 nitrogen and oxygen atoms in total. The van der Waals surface area contributed by atoms with Gasteiger partial charge in [-0.25, -0.2) is 0 Å². The highest BCUT2D eigenvalue weighted by atomic mass is 16.5. The number of ether oxygens (including phenoxy) is 1. The molecule has 0 aliphatic rings. The molecular weight excluding hydrogens is 460 g/mol. The van der Waals surface area contributed by atoms with Gasteiger partial charge in [0.15, 0.2) is 0 Å². The molecule has 0 fully saturated rings. The Labute approximate surface area is 229 Å². The Morgan fingerprint density at radius 3 is 1.49 bits per heavy atom. The van der Waals surface area contributed by atoms with Crippen LogP contribution in [0.15, 0.2) is 24.8 Å². The number of carboxylic acid groups (broad SMARTS) is 1. The molecule has 37 heavy (non-hydrogen) atoms. The quantitative estimate of drug-likeness (QED) is 0.0605. The van der Waals surface area contributed by atoms with Gasteiger partial charge in [0, 0.05) is 0 Å². The van der Waals surface area contributed by atoms with Gasteiger partial charge in [0.05, 0.1) is 12.3 Å². The zero-order valence-electron chi connectivity index (χ0n) is 24.4. The summed E-state index contributed by atoms with van der Waals surface area (Å²) in [6.45, 7) is 5.91. The van der Waals surface area contributed by atoms with E-state index in [0.717, 1.165) is 19.3 Å². The molecule has 1 atom stereocenters. The maximum atomic E-state index is 11.6. The van der Waals surface area contributed by atoms with E-state index in [1.807, 2.05) is 0 Å². The molecule has 0 aliphatic heterocycles. The monoisotopic (exact) mass is 520 g/mol. The number of carbonyl (C=O) groups is 2. The van der Waals surface area contributed by atoms with Crippen molar-refractivity contribution in [2.75, 3.05) is 6.61 Å². The van der Waals surface area contributed by atoms with E-state index in [4.69, 9.17) is 4.74 Å². The van der Waals surface area contributed by atoms with Gasteiger partial charge in [0.25, 0.3) is 0 Å². The van der Waals surface area contributed by atoms with E-state index in [9.17, 15) is 14.7 Å². The van der Waals surface area contributed by atoms with E-state index in [2.05, 4.69) is 25.7 Å². The van der Waals surface area contributed by atoms with Gasteiger partial charge < -0.3 is 9.84 Å². The summed E-state index contributed by atoms with van der Waals surface area (Å²) < 4.78 is 4.91. The number of esters is 1. The van der Waals surface area contributed by atoms with Crippen LogP contribution in [0.1, 0.15) is 161 Å². The molecule has 0 saturated heterocycles. The van der Waals surface area contributed by atoms with Crippen LogP contribution in [0, 0.1) is 5.92 Å². The van der Waals surface area contributed by atoms with Crippen LogP contribution in [0.25, 0.3) is 0 Å². The van der Waals surface area contributed by atoms with E-state index in [1.165, 1.54) is 128 Å². The molecule has 0 aromatic heterocycles. The second-order valence-electron chi connectivity index (χ2n) is 10.8. The third kappa shape index (κ3) is 27.3. The lowest BCUT2D eigenvalue weighted by molar-refractivity contribution is -0.151. The Morgan fingerprint density at radius 2 is 1.08 bits per heavy atom. The lowest BCUT2D eigenvalue weighted by Gasteiger charge is -2.11. The van der Waals surface area contributed by atoms with E-state index in [1.54, 1.807) is 0 Å². The summed E-state index contributed by atoms with van der Waals surface area (Å²) in [7, 11) is 0. The molecule has 4 heteroatoms. The van der Waals surface area contributed by atoms with Crippen molar-refractivity contribution in [3.8, 4) is 0 Å². The maximum Gasteiger partial charge on any atom is 0.307 e. The highest BCUT2D eigenvalue weighted by molar-refractivity contribution is 5.78. The van der Waals surface area contributed by atoms with Gasteiger partial charge in [0.2, 0.25) is 0 Å². The predicted octanol–water partition coefficient (Wildman–Crippen LogP) is 10.4. The highest BCUT2D eigenvalue weighted by Crippen LogP contribution is 2.18. The summed E-state index contributed by atoms with van der Waals surface area (Å²) in [4.78, 5) is 23.0. The molecule has 0 saturated carbocycles. The number of hydrogen-bond acceptors (Lipinski definition) is 3. The van der Waals surface area contributed by atoms with Gasteiger partial charge in [0.1, 0.15) is 6.61 Å². The minimum Gasteiger partial charge on any atom is -0.481 e. The van der Waals surface area contributed by atoms with Crippen LogP contribution in [-0.2, 0) is 14.3 Å². The van der Waals surface area contributed by atoms with Crippen molar-refractivity contribution >= 4 is 11.9 Å². The van der Waals surface area contributed by atoms with Crippen molar-refractivity contribution < 1.29 is 19.4 Å². The van der Waals surface area contributed by atoms with E-state index in [0.29, 0.717) is 6.42 Å². The van der Waals surface area contributed by atoms with Crippen molar-refractivity contribution in [2.45, 2.75) is 161 Å². The molecule has 1 N–H and O–H groups in total. The van der Waals surface area contributed by atoms with Crippen molar-refractivity contribution in [3.63, 3.8) is 0 Å². The lowest BCUT2D eigenvalue weighted by Crippen LogP contribution is -2.19. The van der Waals surface area contributed by atoms with Crippen molar-refractivity contribution in [2.24, 2.45) is 5.92 Å². The first-order valence-electron chi connectivity index (χ1n) is 15.8. The number of unbranched alkanes of at least 4 members (excludes halogenated alkanes) is 20. The minimum atomic E-state index is -0.901. The Bertz CT molecular complexity index is 555. The molecule has 0 aromatic carbocycles. The minimum absolute atomic E-state index is 0.0415. The molecule has 0 aromatic rings. The standard InChI is InChI=1S/C33H60O4/c1-3-5-6-7-8-9-10-11-12-13-14-15-16-17-18-19-20-21-22-23-24-25-26-27-28-31(33(35)36)30-32(34)37-29-4-2/h4,10-11,31H,2-3,5-9,12-30H2,1H3,(H,35,36)/b11-10+. The second kappa shape index (κ2) is 29.0. The summed E-state index contributed by atoms with van der Waals surface area (Å²) >= 11 is 0. The fraction of sp³-hybridized carbons (Fsp3) is 0.818. The molecular formula is C33H60O4. The Balaban J connectivity index is 3.34. The number of carbonyl (C=O) groups excluding carboxylic acids is 1. The molecule has 0 spiro atoms. The van der Waals surface area contributed by atoms with Gasteiger partial charge in [-0.1, -0.05) is 147 Å². The molecule has 0 amide bonds. The smallest absolute Gasteiger partial charge is 0.307 e. The van der Waals surface area contributed by atoms with Gasteiger partial charge in [-0.2, -0.15) is 0 Å². The molecule has 0 aliphatic carbocycles. The summed E-state index contributed by atoms with van der Waals surface area (Å²) in [6, 6.07) is 0. The number of carboxylic acids is 1. The van der Waals surface area contributed by atoms with Gasteiger partial charge >= 0.3 is 11.9 Å². The highest BCUT2D eigenvalue weighted by Gasteiger charge is 2.21. The van der Waals surface area contributed by atoms with E-state index in [-0.39, 0.29) is 13.0 Å². The SMILES string of the molecule is C=CCOC(=O)CC(CCCCCCCCCCCCCCCCC/C=C/CCCCCCC)C(=O)O. The topological polar surface area (TPSA) is 63.6 Å². The maximum absolute atomic E-state index is 11.6. The fourth-order valence-corrected chi connectivity index (χ4v) is 4.78. The Morgan fingerprint density at radius 1 is 0.676 bits per heavy atom. The summed E-state index contributed by atoms with van der Waals surface area (Å²) in [5.41, 5.74) is 0. The third-order valence-electron chi connectivity index (χ3n) is 7.19. The zero-order chi connectivity index (χ0) is 27.2. The van der Waals surface area contributed by atoms with Crippen LogP contribution in [0.3, 0.4) is 0 Å².